The number of carbonyl (C=O) groups is 1. The fourth-order valence-electron chi connectivity index (χ4n) is 0.842. The summed E-state index contributed by atoms with van der Waals surface area (Å²) >= 11 is 0. The van der Waals surface area contributed by atoms with Crippen LogP contribution >= 0.6 is 0 Å². The Hall–Kier alpha value is -1.78. The predicted molar refractivity (Wildman–Crippen MR) is 36.0 cm³/mol. The zero-order valence-corrected chi connectivity index (χ0v) is 5.52. The number of nitrogens with two attached hydrogens (primary N) is 1. The van der Waals surface area contributed by atoms with Crippen LogP contribution in [0, 0.1) is 0 Å². The van der Waals surface area contributed by atoms with Crippen molar-refractivity contribution in [3.05, 3.63) is 24.4 Å². The molecule has 5 nitrogen and oxygen atoms in total. The smallest absolute Gasteiger partial charge is 0.306 e. The molecule has 0 aromatic carbocycles. The van der Waals surface area contributed by atoms with Gasteiger partial charge in [-0.1, -0.05) is 0 Å². The highest BCUT2D eigenvalue weighted by molar-refractivity contribution is 5.89. The van der Waals surface area contributed by atoms with E-state index in [0.717, 1.165) is 0 Å². The number of oxazole rings is 1. The van der Waals surface area contributed by atoms with Gasteiger partial charge in [0.25, 0.3) is 5.91 Å². The number of rotatable bonds is 1. The van der Waals surface area contributed by atoms with E-state index in [-0.39, 0.29) is 5.76 Å². The number of imidazole rings is 1. The number of carbonyl (C=O) groups excluding carboxylic acids is 1. The fraction of sp³-hybridized carbons (Fsp3) is 0. The van der Waals surface area contributed by atoms with Gasteiger partial charge in [0.2, 0.25) is 5.76 Å². The molecule has 2 rings (SSSR count). The van der Waals surface area contributed by atoms with Crippen LogP contribution < -0.4 is 5.73 Å². The number of aromatic nitrogens is 2. The molecule has 11 heavy (non-hydrogen) atoms. The monoisotopic (exact) mass is 151 g/mol. The first-order valence-electron chi connectivity index (χ1n) is 2.99. The lowest BCUT2D eigenvalue weighted by Crippen LogP contribution is -2.09. The minimum Gasteiger partial charge on any atom is -0.418 e. The maximum Gasteiger partial charge on any atom is 0.306 e. The molecule has 0 saturated heterocycles. The molecule has 0 fully saturated rings. The molecule has 5 heteroatoms. The van der Waals surface area contributed by atoms with Gasteiger partial charge in [0.1, 0.15) is 0 Å². The molecular formula is C6H5N3O2. The van der Waals surface area contributed by atoms with Crippen LogP contribution in [0.25, 0.3) is 5.84 Å². The van der Waals surface area contributed by atoms with E-state index in [2.05, 4.69) is 4.98 Å². The first kappa shape index (κ1) is 5.96. The van der Waals surface area contributed by atoms with E-state index in [1.54, 1.807) is 16.8 Å². The molecule has 0 aliphatic rings. The topological polar surface area (TPSA) is 73.5 Å². The summed E-state index contributed by atoms with van der Waals surface area (Å²) in [5.74, 6) is -0.0950. The van der Waals surface area contributed by atoms with Crippen LogP contribution in [-0.2, 0) is 0 Å². The molecule has 2 N–H and O–H groups in total. The van der Waals surface area contributed by atoms with E-state index in [1.807, 2.05) is 0 Å². The molecule has 0 saturated carbocycles. The number of hydrogen-bond acceptors (Lipinski definition) is 3. The zero-order chi connectivity index (χ0) is 7.84. The van der Waals surface area contributed by atoms with Crippen molar-refractivity contribution in [2.75, 3.05) is 0 Å². The van der Waals surface area contributed by atoms with Crippen molar-refractivity contribution >= 4 is 11.8 Å². The Bertz CT molecular complexity index is 372. The van der Waals surface area contributed by atoms with Gasteiger partial charge >= 0.3 is 5.84 Å². The Morgan fingerprint density at radius 3 is 3.18 bits per heavy atom. The predicted octanol–water partition coefficient (Wildman–Crippen LogP) is 0.0262. The molecule has 0 atom stereocenters. The summed E-state index contributed by atoms with van der Waals surface area (Å²) in [6.45, 7) is 0. The largest absolute Gasteiger partial charge is 0.418 e. The lowest BCUT2D eigenvalue weighted by molar-refractivity contribution is 0.0975. The Morgan fingerprint density at radius 2 is 2.55 bits per heavy atom. The van der Waals surface area contributed by atoms with Crippen LogP contribution in [0.5, 0.6) is 0 Å². The van der Waals surface area contributed by atoms with Crippen LogP contribution in [0.2, 0.25) is 0 Å². The first-order valence-corrected chi connectivity index (χ1v) is 2.99. The molecule has 2 aromatic heterocycles. The van der Waals surface area contributed by atoms with Crippen LogP contribution in [0.1, 0.15) is 10.6 Å². The lowest BCUT2D eigenvalue weighted by atomic mass is 10.5. The summed E-state index contributed by atoms with van der Waals surface area (Å²) in [6.07, 6.45) is 4.74. The van der Waals surface area contributed by atoms with E-state index in [0.29, 0.717) is 5.84 Å². The third-order valence-electron chi connectivity index (χ3n) is 1.33. The van der Waals surface area contributed by atoms with Gasteiger partial charge in [-0.3, -0.25) is 9.20 Å². The van der Waals surface area contributed by atoms with Gasteiger partial charge in [-0.05, 0) is 0 Å². The molecule has 0 radical (unpaired) electrons. The summed E-state index contributed by atoms with van der Waals surface area (Å²) in [5, 5.41) is 0. The van der Waals surface area contributed by atoms with Crippen molar-refractivity contribution in [1.82, 2.24) is 9.38 Å². The molecule has 0 aliphatic carbocycles. The molecule has 0 aliphatic heterocycles. The Balaban J connectivity index is 2.67. The molecular weight excluding hydrogens is 146 g/mol. The Morgan fingerprint density at radius 1 is 1.73 bits per heavy atom. The van der Waals surface area contributed by atoms with Crippen molar-refractivity contribution in [3.8, 4) is 0 Å². The molecule has 1 amide bonds. The van der Waals surface area contributed by atoms with Gasteiger partial charge in [0.15, 0.2) is 0 Å². The van der Waals surface area contributed by atoms with E-state index >= 15 is 0 Å². The molecule has 2 aromatic rings. The highest BCUT2D eigenvalue weighted by Crippen LogP contribution is 2.06. The summed E-state index contributed by atoms with van der Waals surface area (Å²) in [4.78, 5) is 14.4. The minimum absolute atomic E-state index is 0.119. The van der Waals surface area contributed by atoms with Gasteiger partial charge in [0.05, 0.1) is 6.20 Å². The average Bonchev–Trinajstić information content (AvgIpc) is 2.40. The third kappa shape index (κ3) is 0.778. The minimum atomic E-state index is -0.587. The fourth-order valence-corrected chi connectivity index (χ4v) is 0.842. The van der Waals surface area contributed by atoms with Crippen LogP contribution in [0.3, 0.4) is 0 Å². The second kappa shape index (κ2) is 1.85. The first-order chi connectivity index (χ1) is 5.27. The Labute approximate surface area is 61.4 Å². The quantitative estimate of drug-likeness (QED) is 0.624. The highest BCUT2D eigenvalue weighted by Gasteiger charge is 2.07. The van der Waals surface area contributed by atoms with Crippen LogP contribution in [0.15, 0.2) is 23.0 Å². The Kier molecular flexibility index (Phi) is 1.00. The van der Waals surface area contributed by atoms with Gasteiger partial charge in [-0.2, -0.15) is 0 Å². The zero-order valence-electron chi connectivity index (χ0n) is 5.52. The SMILES string of the molecule is NC(=O)c1cn2ccnc2o1. The number of nitrogens with zero attached hydrogens (tertiary/aromatic N) is 2. The second-order valence-corrected chi connectivity index (χ2v) is 2.08. The average molecular weight is 151 g/mol. The summed E-state index contributed by atoms with van der Waals surface area (Å²) in [5.41, 5.74) is 4.96. The van der Waals surface area contributed by atoms with Crippen molar-refractivity contribution < 1.29 is 9.21 Å². The van der Waals surface area contributed by atoms with Crippen molar-refractivity contribution in [1.29, 1.82) is 0 Å². The number of fused-ring (bicyclic) bond motifs is 1. The van der Waals surface area contributed by atoms with E-state index in [1.165, 1.54) is 6.20 Å². The molecule has 2 heterocycles. The van der Waals surface area contributed by atoms with Crippen LogP contribution in [0.4, 0.5) is 0 Å². The number of amides is 1. The van der Waals surface area contributed by atoms with Crippen molar-refractivity contribution in [2.24, 2.45) is 5.73 Å². The van der Waals surface area contributed by atoms with Crippen molar-refractivity contribution in [3.63, 3.8) is 0 Å². The normalized spacial score (nSPS) is 10.5. The standard InChI is InChI=1S/C6H5N3O2/c7-5(10)4-3-9-2-1-8-6(9)11-4/h1-3H,(H2,7,10). The maximum atomic E-state index is 10.6. The molecule has 0 unspecified atom stereocenters. The highest BCUT2D eigenvalue weighted by atomic mass is 16.4. The van der Waals surface area contributed by atoms with Gasteiger partial charge in [0, 0.05) is 12.4 Å². The van der Waals surface area contributed by atoms with E-state index in [4.69, 9.17) is 10.2 Å². The van der Waals surface area contributed by atoms with Crippen LogP contribution in [-0.4, -0.2) is 15.3 Å². The second-order valence-electron chi connectivity index (χ2n) is 2.08. The van der Waals surface area contributed by atoms with Gasteiger partial charge in [-0.15, -0.1) is 0 Å². The number of hydrogen-bond donors (Lipinski definition) is 1. The summed E-state index contributed by atoms with van der Waals surface area (Å²) in [7, 11) is 0. The molecule has 56 valence electrons. The van der Waals surface area contributed by atoms with Gasteiger partial charge < -0.3 is 10.2 Å². The lowest BCUT2D eigenvalue weighted by Gasteiger charge is -1.80. The third-order valence-corrected chi connectivity index (χ3v) is 1.33. The van der Waals surface area contributed by atoms with E-state index in [9.17, 15) is 4.79 Å². The van der Waals surface area contributed by atoms with Crippen molar-refractivity contribution in [2.45, 2.75) is 0 Å². The molecule has 0 bridgehead atoms. The van der Waals surface area contributed by atoms with Gasteiger partial charge in [-0.25, -0.2) is 4.98 Å². The van der Waals surface area contributed by atoms with E-state index < -0.39 is 5.91 Å². The summed E-state index contributed by atoms with van der Waals surface area (Å²) in [6, 6.07) is 0. The summed E-state index contributed by atoms with van der Waals surface area (Å²) < 4.78 is 6.53. The number of primary amides is 1. The molecule has 0 spiro atoms. The maximum absolute atomic E-state index is 10.6.